The Morgan fingerprint density at radius 1 is 0.622 bits per heavy atom. The summed E-state index contributed by atoms with van der Waals surface area (Å²) in [5.74, 6) is 0.992. The van der Waals surface area contributed by atoms with E-state index in [1.807, 2.05) is 6.07 Å². The molecule has 2 aliphatic rings. The first-order chi connectivity index (χ1) is 38.3. The Hall–Kier alpha value is -7.47. The Balaban J connectivity index is 0.000000193. The van der Waals surface area contributed by atoms with Crippen molar-refractivity contribution in [3.8, 4) is 11.1 Å². The van der Waals surface area contributed by atoms with Crippen LogP contribution in [-0.4, -0.2) is 60.4 Å². The van der Waals surface area contributed by atoms with Gasteiger partial charge in [0.2, 0.25) is 0 Å². The van der Waals surface area contributed by atoms with Gasteiger partial charge in [0.05, 0.1) is 11.0 Å². The molecule has 0 aromatic carbocycles. The van der Waals surface area contributed by atoms with Crippen LogP contribution in [0.15, 0.2) is 119 Å². The van der Waals surface area contributed by atoms with Crippen molar-refractivity contribution in [3.63, 3.8) is 0 Å². The molecule has 8 aromatic heterocycles. The van der Waals surface area contributed by atoms with Gasteiger partial charge in [-0.25, -0.2) is 4.98 Å². The van der Waals surface area contributed by atoms with E-state index in [9.17, 15) is 53.9 Å². The lowest BCUT2D eigenvalue weighted by Crippen LogP contribution is -2.35. The molecule has 0 atom stereocenters. The van der Waals surface area contributed by atoms with Crippen molar-refractivity contribution < 1.29 is 39.5 Å². The number of nitrogens with one attached hydrogen (secondary N) is 2. The van der Waals surface area contributed by atoms with Crippen molar-refractivity contribution in [2.75, 3.05) is 27.8 Å². The van der Waals surface area contributed by atoms with Crippen LogP contribution in [0.4, 0.5) is 74.2 Å². The molecular formula is C52H49Br3F9N15O3. The zero-order valence-corrected chi connectivity index (χ0v) is 48.9. The molecule has 8 aromatic rings. The van der Waals surface area contributed by atoms with Crippen molar-refractivity contribution in [1.29, 1.82) is 0 Å². The van der Waals surface area contributed by atoms with Gasteiger partial charge in [-0.05, 0) is 150 Å². The highest BCUT2D eigenvalue weighted by atomic mass is 79.9. The minimum atomic E-state index is -4.59. The summed E-state index contributed by atoms with van der Waals surface area (Å²) in [4.78, 5) is 42.9. The number of nitrogen functional groups attached to an aromatic ring is 1. The van der Waals surface area contributed by atoms with E-state index < -0.39 is 35.6 Å². The number of aryl methyl sites for hydroxylation is 3. The molecule has 82 heavy (non-hydrogen) atoms. The van der Waals surface area contributed by atoms with Crippen LogP contribution < -0.4 is 37.9 Å². The smallest absolute Gasteiger partial charge is 0.382 e. The number of anilines is 6. The molecule has 0 spiro atoms. The Bertz CT molecular complexity index is 3750. The monoisotopic (exact) mass is 1340 g/mol. The highest BCUT2D eigenvalue weighted by Gasteiger charge is 2.36. The molecule has 18 nitrogen and oxygen atoms in total. The van der Waals surface area contributed by atoms with E-state index in [1.165, 1.54) is 36.7 Å². The highest BCUT2D eigenvalue weighted by molar-refractivity contribution is 9.11. The van der Waals surface area contributed by atoms with Crippen molar-refractivity contribution in [3.05, 3.63) is 176 Å². The van der Waals surface area contributed by atoms with E-state index >= 15 is 0 Å². The summed E-state index contributed by atoms with van der Waals surface area (Å²) < 4.78 is 120. The lowest BCUT2D eigenvalue weighted by atomic mass is 9.90. The van der Waals surface area contributed by atoms with Gasteiger partial charge in [0.25, 0.3) is 16.7 Å². The lowest BCUT2D eigenvalue weighted by Gasteiger charge is -2.33. The topological polar surface area (TPSA) is 214 Å². The van der Waals surface area contributed by atoms with Crippen LogP contribution in [0.3, 0.4) is 0 Å². The molecule has 0 saturated heterocycles. The molecule has 10 rings (SSSR count). The first-order valence-corrected chi connectivity index (χ1v) is 26.7. The van der Waals surface area contributed by atoms with Crippen LogP contribution in [0.25, 0.3) is 11.1 Å². The van der Waals surface area contributed by atoms with E-state index in [-0.39, 0.29) is 45.5 Å². The zero-order valence-electron chi connectivity index (χ0n) is 44.1. The first kappa shape index (κ1) is 62.1. The van der Waals surface area contributed by atoms with Gasteiger partial charge in [0, 0.05) is 90.5 Å². The van der Waals surface area contributed by atoms with E-state index in [2.05, 4.69) is 125 Å². The number of alkyl halides is 9. The third-order valence-corrected chi connectivity index (χ3v) is 13.9. The summed E-state index contributed by atoms with van der Waals surface area (Å²) in [6.45, 7) is 9.29. The number of aromatic nitrogens is 11. The molecule has 0 radical (unpaired) electrons. The largest absolute Gasteiger partial charge is 0.435 e. The molecule has 1 aliphatic heterocycles. The second kappa shape index (κ2) is 24.9. The molecule has 0 saturated carbocycles. The second-order valence-corrected chi connectivity index (χ2v) is 22.1. The Morgan fingerprint density at radius 3 is 1.63 bits per heavy atom. The number of hydrogen-bond donors (Lipinski definition) is 3. The molecule has 9 heterocycles. The maximum absolute atomic E-state index is 12.9. The third-order valence-electron chi connectivity index (χ3n) is 12.5. The predicted octanol–water partition coefficient (Wildman–Crippen LogP) is 11.2. The SMILES string of the molecule is CCc1c(-c2cc(Nc3ccc(C(F)(F)F)nn3)c(=O)n(C)c2)ccnc1N1CCn2c(cc3c2CC(C)(C)C3)C1.Cn1cc(Br)cc(Br)c1=O.Cn1cc(Br)cc(Nc2ccc(C(F)(F)F)nn2)c1=O.Nc1ccc(C(F)(F)F)nn1. The van der Waals surface area contributed by atoms with E-state index in [0.29, 0.717) is 14.4 Å². The highest BCUT2D eigenvalue weighted by Crippen LogP contribution is 2.40. The molecule has 434 valence electrons. The number of nitrogens with zero attached hydrogens (tertiary/aromatic N) is 12. The average Bonchev–Trinajstić information content (AvgIpc) is 2.57. The summed E-state index contributed by atoms with van der Waals surface area (Å²) in [5, 5.41) is 24.7. The minimum Gasteiger partial charge on any atom is -0.382 e. The van der Waals surface area contributed by atoms with Crippen LogP contribution in [0, 0.1) is 5.41 Å². The maximum atomic E-state index is 12.9. The van der Waals surface area contributed by atoms with Crippen molar-refractivity contribution in [2.24, 2.45) is 26.6 Å². The fraction of sp³-hybridized carbons (Fsp3) is 0.308. The van der Waals surface area contributed by atoms with Crippen molar-refractivity contribution in [1.82, 2.24) is 53.8 Å². The number of nitrogens with two attached hydrogens (primary N) is 1. The van der Waals surface area contributed by atoms with E-state index in [1.54, 1.807) is 58.1 Å². The van der Waals surface area contributed by atoms with E-state index in [0.717, 1.165) is 102 Å². The van der Waals surface area contributed by atoms with Crippen molar-refractivity contribution >= 4 is 82.4 Å². The van der Waals surface area contributed by atoms with E-state index in [4.69, 9.17) is 10.7 Å². The van der Waals surface area contributed by atoms with Gasteiger partial charge in [0.1, 0.15) is 23.0 Å². The van der Waals surface area contributed by atoms with Crippen LogP contribution in [-0.2, 0) is 72.0 Å². The maximum Gasteiger partial charge on any atom is 0.435 e. The summed E-state index contributed by atoms with van der Waals surface area (Å²) in [5.41, 5.74) is 8.85. The van der Waals surface area contributed by atoms with Gasteiger partial charge in [-0.15, -0.1) is 30.6 Å². The summed E-state index contributed by atoms with van der Waals surface area (Å²) >= 11 is 9.60. The molecule has 0 fully saturated rings. The number of halogens is 12. The Kier molecular flexibility index (Phi) is 18.9. The zero-order chi connectivity index (χ0) is 60.2. The normalized spacial score (nSPS) is 13.6. The quantitative estimate of drug-likeness (QED) is 0.127. The Morgan fingerprint density at radius 2 is 1.13 bits per heavy atom. The molecule has 30 heteroatoms. The summed E-state index contributed by atoms with van der Waals surface area (Å²) in [6.07, 6.45) is -3.80. The molecule has 1 aliphatic carbocycles. The van der Waals surface area contributed by atoms with Gasteiger partial charge in [0.15, 0.2) is 28.7 Å². The first-order valence-electron chi connectivity index (χ1n) is 24.4. The van der Waals surface area contributed by atoms with Gasteiger partial charge in [-0.3, -0.25) is 14.4 Å². The molecule has 0 unspecified atom stereocenters. The number of hydrogen-bond acceptors (Lipinski definition) is 14. The van der Waals surface area contributed by atoms with Crippen molar-refractivity contribution in [2.45, 2.75) is 71.7 Å². The molecular weight excluding hydrogens is 1290 g/mol. The molecule has 4 N–H and O–H groups in total. The average molecular weight is 1340 g/mol. The summed E-state index contributed by atoms with van der Waals surface area (Å²) in [7, 11) is 4.90. The van der Waals surface area contributed by atoms with Gasteiger partial charge in [-0.2, -0.15) is 39.5 Å². The standard InChI is InChI=1S/C30H32F3N7O.C11H8BrF3N4O.C6H5Br2NO.C5H4F3N3/c1-5-21-22(19-13-23(28(41)38(4)16-19)35-26-7-6-25(36-37-26)30(31,32)33)8-9-34-27(21)39-10-11-40-20(17-39)12-18-14-29(2,3)15-24(18)40;1-19-5-6(12)4-7(10(19)20)16-9-3-2-8(17-18-9)11(13,14)15;1-9-3-4(7)2-5(8)6(9)10;6-5(7,8)3-1-2-4(9)11-10-3/h6-9,12-13,16H,5,10-11,14-15,17H2,1-4H3,(H,35,37);2-5H,1H3,(H,16,18);2-3H,1H3;1-2H,(H2,9,11). The fourth-order valence-electron chi connectivity index (χ4n) is 8.77. The van der Waals surface area contributed by atoms with Crippen LogP contribution >= 0.6 is 47.8 Å². The minimum absolute atomic E-state index is 0.0248. The second-order valence-electron chi connectivity index (χ2n) is 19.4. The summed E-state index contributed by atoms with van der Waals surface area (Å²) in [6, 6.07) is 14.9. The third kappa shape index (κ3) is 15.3. The van der Waals surface area contributed by atoms with Crippen LogP contribution in [0.1, 0.15) is 60.4 Å². The fourth-order valence-corrected chi connectivity index (χ4v) is 10.7. The molecule has 0 amide bonds. The lowest BCUT2D eigenvalue weighted by molar-refractivity contribution is -0.142. The van der Waals surface area contributed by atoms with Gasteiger partial charge in [-0.1, -0.05) is 20.8 Å². The van der Waals surface area contributed by atoms with Gasteiger partial charge < -0.3 is 39.5 Å². The Labute approximate surface area is 486 Å². The van der Waals surface area contributed by atoms with Crippen LogP contribution in [0.2, 0.25) is 0 Å². The number of fused-ring (bicyclic) bond motifs is 3. The molecule has 0 bridgehead atoms. The predicted molar refractivity (Wildman–Crippen MR) is 300 cm³/mol. The number of pyridine rings is 4. The van der Waals surface area contributed by atoms with Gasteiger partial charge >= 0.3 is 18.5 Å². The number of rotatable bonds is 7. The van der Waals surface area contributed by atoms with Crippen LogP contribution in [0.5, 0.6) is 0 Å².